The molecule has 3 rings (SSSR count). The maximum atomic E-state index is 11.3. The van der Waals surface area contributed by atoms with Crippen molar-refractivity contribution in [2.75, 3.05) is 18.0 Å². The van der Waals surface area contributed by atoms with E-state index in [0.717, 1.165) is 4.70 Å². The average molecular weight is 279 g/mol. The van der Waals surface area contributed by atoms with Gasteiger partial charge in [-0.3, -0.25) is 10.1 Å². The highest BCUT2D eigenvalue weighted by Crippen LogP contribution is 2.39. The first-order valence-corrected chi connectivity index (χ1v) is 6.84. The van der Waals surface area contributed by atoms with Crippen molar-refractivity contribution in [3.8, 4) is 0 Å². The summed E-state index contributed by atoms with van der Waals surface area (Å²) in [6.07, 6.45) is 0.610. The number of benzene rings is 1. The van der Waals surface area contributed by atoms with Crippen LogP contribution in [0, 0.1) is 10.1 Å². The summed E-state index contributed by atoms with van der Waals surface area (Å²) < 4.78 is 0.807. The van der Waals surface area contributed by atoms with Gasteiger partial charge in [-0.15, -0.1) is 11.3 Å². The van der Waals surface area contributed by atoms with Crippen LogP contribution in [0.1, 0.15) is 13.3 Å². The fourth-order valence-electron chi connectivity index (χ4n) is 2.49. The van der Waals surface area contributed by atoms with Crippen molar-refractivity contribution in [2.24, 2.45) is 0 Å². The predicted molar refractivity (Wildman–Crippen MR) is 73.7 cm³/mol. The minimum atomic E-state index is -0.787. The Morgan fingerprint density at radius 2 is 2.37 bits per heavy atom. The molecule has 0 saturated carbocycles. The third kappa shape index (κ3) is 2.04. The quantitative estimate of drug-likeness (QED) is 0.673. The number of aromatic nitrogens is 1. The summed E-state index contributed by atoms with van der Waals surface area (Å²) in [5.74, 6) is 0. The number of nitro benzene ring substituents is 1. The number of rotatable bonds is 2. The first kappa shape index (κ1) is 12.3. The van der Waals surface area contributed by atoms with Gasteiger partial charge < -0.3 is 10.0 Å². The van der Waals surface area contributed by atoms with Gasteiger partial charge in [0, 0.05) is 13.1 Å². The first-order chi connectivity index (χ1) is 8.98. The summed E-state index contributed by atoms with van der Waals surface area (Å²) in [5, 5.41) is 21.3. The van der Waals surface area contributed by atoms with Gasteiger partial charge in [-0.05, 0) is 25.5 Å². The van der Waals surface area contributed by atoms with E-state index < -0.39 is 5.60 Å². The molecule has 2 heterocycles. The number of anilines is 1. The van der Waals surface area contributed by atoms with Gasteiger partial charge in [-0.25, -0.2) is 4.98 Å². The molecule has 1 N–H and O–H groups in total. The van der Waals surface area contributed by atoms with E-state index in [-0.39, 0.29) is 10.6 Å². The van der Waals surface area contributed by atoms with Gasteiger partial charge in [0.25, 0.3) is 0 Å². The fraction of sp³-hybridized carbons (Fsp3) is 0.417. The van der Waals surface area contributed by atoms with Crippen LogP contribution in [-0.4, -0.2) is 33.7 Å². The molecule has 100 valence electrons. The molecule has 19 heavy (non-hydrogen) atoms. The number of fused-ring (bicyclic) bond motifs is 1. The molecule has 0 spiro atoms. The molecule has 1 aliphatic heterocycles. The number of β-amino-alcohol motifs (C(OH)–C–C–N with tert-alkyl or cyclic N) is 1. The summed E-state index contributed by atoms with van der Waals surface area (Å²) in [7, 11) is 0. The highest BCUT2D eigenvalue weighted by molar-refractivity contribution is 7.16. The van der Waals surface area contributed by atoms with E-state index in [1.54, 1.807) is 18.5 Å². The van der Waals surface area contributed by atoms with Crippen molar-refractivity contribution in [2.45, 2.75) is 18.9 Å². The van der Waals surface area contributed by atoms with E-state index >= 15 is 0 Å². The van der Waals surface area contributed by atoms with Crippen molar-refractivity contribution in [1.82, 2.24) is 4.98 Å². The molecule has 1 atom stereocenters. The van der Waals surface area contributed by atoms with Crippen molar-refractivity contribution >= 4 is 32.9 Å². The number of hydrogen-bond donors (Lipinski definition) is 1. The molecule has 0 aliphatic carbocycles. The Hall–Kier alpha value is -1.73. The van der Waals surface area contributed by atoms with Gasteiger partial charge >= 0.3 is 5.69 Å². The molecule has 1 saturated heterocycles. The smallest absolute Gasteiger partial charge is 0.319 e. The van der Waals surface area contributed by atoms with Crippen molar-refractivity contribution in [3.63, 3.8) is 0 Å². The van der Waals surface area contributed by atoms with Crippen LogP contribution in [0.5, 0.6) is 0 Å². The molecule has 6 nitrogen and oxygen atoms in total. The lowest BCUT2D eigenvalue weighted by molar-refractivity contribution is -0.382. The summed E-state index contributed by atoms with van der Waals surface area (Å²) in [4.78, 5) is 16.9. The highest BCUT2D eigenvalue weighted by atomic mass is 32.1. The zero-order valence-electron chi connectivity index (χ0n) is 10.4. The van der Waals surface area contributed by atoms with Crippen LogP contribution in [0.4, 0.5) is 11.4 Å². The normalized spacial score (nSPS) is 23.2. The third-order valence-corrected chi connectivity index (χ3v) is 4.22. The van der Waals surface area contributed by atoms with Gasteiger partial charge in [0.1, 0.15) is 5.69 Å². The summed E-state index contributed by atoms with van der Waals surface area (Å²) >= 11 is 1.39. The predicted octanol–water partition coefficient (Wildman–Crippen LogP) is 2.17. The lowest BCUT2D eigenvalue weighted by Gasteiger charge is -2.20. The van der Waals surface area contributed by atoms with Crippen LogP contribution in [-0.2, 0) is 0 Å². The number of nitro groups is 1. The van der Waals surface area contributed by atoms with Crippen molar-refractivity contribution < 1.29 is 10.0 Å². The lowest BCUT2D eigenvalue weighted by Crippen LogP contribution is -2.29. The number of thiazole rings is 1. The molecule has 1 aromatic carbocycles. The van der Waals surface area contributed by atoms with Crippen LogP contribution >= 0.6 is 11.3 Å². The molecular weight excluding hydrogens is 266 g/mol. The summed E-state index contributed by atoms with van der Waals surface area (Å²) in [6, 6.07) is 3.60. The number of hydrogen-bond acceptors (Lipinski definition) is 6. The standard InChI is InChI=1S/C12H13N3O3S/c1-12(16)4-5-14(6-12)8-2-3-9-10(13-7-19-9)11(8)15(17)18/h2-3,7,16H,4-6H2,1H3. The van der Waals surface area contributed by atoms with Gasteiger partial charge in [0.2, 0.25) is 0 Å². The highest BCUT2D eigenvalue weighted by Gasteiger charge is 2.35. The minimum Gasteiger partial charge on any atom is -0.388 e. The zero-order chi connectivity index (χ0) is 13.6. The van der Waals surface area contributed by atoms with Gasteiger partial charge in [-0.1, -0.05) is 0 Å². The van der Waals surface area contributed by atoms with Gasteiger partial charge in [-0.2, -0.15) is 0 Å². The van der Waals surface area contributed by atoms with Gasteiger partial charge in [0.05, 0.1) is 20.7 Å². The molecule has 1 aliphatic rings. The Kier molecular flexibility index (Phi) is 2.68. The molecule has 1 aromatic heterocycles. The van der Waals surface area contributed by atoms with Crippen LogP contribution in [0.15, 0.2) is 17.6 Å². The van der Waals surface area contributed by atoms with E-state index in [2.05, 4.69) is 4.98 Å². The van der Waals surface area contributed by atoms with E-state index in [1.807, 2.05) is 11.0 Å². The molecule has 1 unspecified atom stereocenters. The maximum Gasteiger partial charge on any atom is 0.319 e. The second-order valence-electron chi connectivity index (χ2n) is 5.06. The largest absolute Gasteiger partial charge is 0.388 e. The van der Waals surface area contributed by atoms with Crippen molar-refractivity contribution in [3.05, 3.63) is 27.8 Å². The molecule has 2 aromatic rings. The Bertz CT molecular complexity index is 653. The zero-order valence-corrected chi connectivity index (χ0v) is 11.2. The van der Waals surface area contributed by atoms with Crippen LogP contribution in [0.25, 0.3) is 10.2 Å². The van der Waals surface area contributed by atoms with E-state index in [1.165, 1.54) is 11.3 Å². The molecule has 0 radical (unpaired) electrons. The second kappa shape index (κ2) is 4.14. The van der Waals surface area contributed by atoms with Crippen molar-refractivity contribution in [1.29, 1.82) is 0 Å². The maximum absolute atomic E-state index is 11.3. The topological polar surface area (TPSA) is 79.5 Å². The Balaban J connectivity index is 2.13. The minimum absolute atomic E-state index is 0.0384. The molecular formula is C12H13N3O3S. The Morgan fingerprint density at radius 3 is 3.00 bits per heavy atom. The molecule has 1 fully saturated rings. The lowest BCUT2D eigenvalue weighted by atomic mass is 10.1. The van der Waals surface area contributed by atoms with E-state index in [9.17, 15) is 15.2 Å². The fourth-order valence-corrected chi connectivity index (χ4v) is 3.17. The number of aliphatic hydroxyl groups is 1. The SMILES string of the molecule is CC1(O)CCN(c2ccc3scnc3c2[N+](=O)[O-])C1. The average Bonchev–Trinajstić information content (AvgIpc) is 2.93. The molecule has 7 heteroatoms. The Labute approximate surface area is 113 Å². The van der Waals surface area contributed by atoms with Crippen LogP contribution in [0.3, 0.4) is 0 Å². The van der Waals surface area contributed by atoms with E-state index in [0.29, 0.717) is 30.7 Å². The third-order valence-electron chi connectivity index (χ3n) is 3.43. The van der Waals surface area contributed by atoms with Crippen LogP contribution < -0.4 is 4.90 Å². The monoisotopic (exact) mass is 279 g/mol. The number of nitrogens with zero attached hydrogens (tertiary/aromatic N) is 3. The Morgan fingerprint density at radius 1 is 1.58 bits per heavy atom. The second-order valence-corrected chi connectivity index (χ2v) is 5.94. The van der Waals surface area contributed by atoms with Gasteiger partial charge in [0.15, 0.2) is 5.52 Å². The summed E-state index contributed by atoms with van der Waals surface area (Å²) in [6.45, 7) is 2.77. The van der Waals surface area contributed by atoms with Crippen LogP contribution in [0.2, 0.25) is 0 Å². The van der Waals surface area contributed by atoms with E-state index in [4.69, 9.17) is 0 Å². The first-order valence-electron chi connectivity index (χ1n) is 5.96. The molecule has 0 bridgehead atoms. The summed E-state index contributed by atoms with van der Waals surface area (Å²) in [5.41, 5.74) is 1.84. The molecule has 0 amide bonds.